The molecule has 3 rings (SSSR count). The van der Waals surface area contributed by atoms with Crippen molar-refractivity contribution >= 4 is 30.7 Å². The van der Waals surface area contributed by atoms with Gasteiger partial charge in [0.2, 0.25) is 5.91 Å². The molecule has 1 amide bonds. The number of amides is 1. The fourth-order valence-corrected chi connectivity index (χ4v) is 2.68. The molecule has 1 saturated heterocycles. The van der Waals surface area contributed by atoms with Gasteiger partial charge in [-0.25, -0.2) is 4.98 Å². The lowest BCUT2D eigenvalue weighted by atomic mass is 9.98. The van der Waals surface area contributed by atoms with Crippen molar-refractivity contribution in [1.82, 2.24) is 19.8 Å². The van der Waals surface area contributed by atoms with E-state index in [4.69, 9.17) is 0 Å². The highest BCUT2D eigenvalue weighted by molar-refractivity contribution is 5.85. The van der Waals surface area contributed by atoms with Gasteiger partial charge in [-0.3, -0.25) is 4.79 Å². The maximum atomic E-state index is 12.3. The molecule has 1 atom stereocenters. The van der Waals surface area contributed by atoms with Crippen molar-refractivity contribution in [2.45, 2.75) is 25.9 Å². The summed E-state index contributed by atoms with van der Waals surface area (Å²) in [6, 6.07) is 0. The average molecular weight is 307 g/mol. The second kappa shape index (κ2) is 7.12. The van der Waals surface area contributed by atoms with Crippen LogP contribution in [-0.4, -0.2) is 40.0 Å². The molecule has 1 N–H and O–H groups in total. The van der Waals surface area contributed by atoms with Crippen molar-refractivity contribution in [1.29, 1.82) is 0 Å². The average Bonchev–Trinajstić information content (AvgIpc) is 2.86. The molecule has 2 aliphatic heterocycles. The Labute approximate surface area is 125 Å². The molecule has 0 saturated carbocycles. The number of rotatable bonds is 1. The number of nitrogens with zero attached hydrogens (tertiary/aromatic N) is 3. The summed E-state index contributed by atoms with van der Waals surface area (Å²) < 4.78 is 2.13. The van der Waals surface area contributed by atoms with Crippen LogP contribution in [0.3, 0.4) is 0 Å². The molecule has 7 heteroatoms. The predicted molar refractivity (Wildman–Crippen MR) is 77.7 cm³/mol. The first-order valence-electron chi connectivity index (χ1n) is 6.34. The number of hydrogen-bond acceptors (Lipinski definition) is 3. The number of halogens is 2. The zero-order valence-electron chi connectivity index (χ0n) is 10.7. The number of hydrogen-bond donors (Lipinski definition) is 1. The molecule has 2 aliphatic rings. The van der Waals surface area contributed by atoms with Crippen LogP contribution in [0.15, 0.2) is 12.4 Å². The third-order valence-electron chi connectivity index (χ3n) is 3.70. The summed E-state index contributed by atoms with van der Waals surface area (Å²) in [7, 11) is 0. The van der Waals surface area contributed by atoms with E-state index in [2.05, 4.69) is 14.9 Å². The van der Waals surface area contributed by atoms with Crippen LogP contribution >= 0.6 is 24.8 Å². The van der Waals surface area contributed by atoms with E-state index in [9.17, 15) is 4.79 Å². The Hall–Kier alpha value is -0.780. The second-order valence-corrected chi connectivity index (χ2v) is 4.84. The Balaban J connectivity index is 0.000000902. The highest BCUT2D eigenvalue weighted by Gasteiger charge is 2.28. The molecular weight excluding hydrogens is 287 g/mol. The minimum atomic E-state index is 0. The number of nitrogens with one attached hydrogen (secondary N) is 1. The topological polar surface area (TPSA) is 50.2 Å². The number of imidazole rings is 1. The molecule has 0 aromatic carbocycles. The van der Waals surface area contributed by atoms with Gasteiger partial charge in [-0.1, -0.05) is 0 Å². The number of carbonyl (C=O) groups excluding carboxylic acids is 1. The Morgan fingerprint density at radius 1 is 1.37 bits per heavy atom. The molecule has 1 fully saturated rings. The minimum absolute atomic E-state index is 0. The van der Waals surface area contributed by atoms with Gasteiger partial charge in [0, 0.05) is 32.0 Å². The van der Waals surface area contributed by atoms with Crippen LogP contribution in [0.5, 0.6) is 0 Å². The van der Waals surface area contributed by atoms with Crippen molar-refractivity contribution in [2.24, 2.45) is 5.92 Å². The number of piperidine rings is 1. The summed E-state index contributed by atoms with van der Waals surface area (Å²) >= 11 is 0. The molecule has 0 bridgehead atoms. The second-order valence-electron chi connectivity index (χ2n) is 4.84. The molecule has 3 heterocycles. The first kappa shape index (κ1) is 16.3. The van der Waals surface area contributed by atoms with E-state index in [1.807, 2.05) is 17.3 Å². The molecule has 0 radical (unpaired) electrons. The fourth-order valence-electron chi connectivity index (χ4n) is 2.68. The summed E-state index contributed by atoms with van der Waals surface area (Å²) in [6.45, 7) is 4.25. The normalized spacial score (nSPS) is 21.9. The van der Waals surface area contributed by atoms with Crippen LogP contribution in [0.25, 0.3) is 0 Å². The van der Waals surface area contributed by atoms with Crippen LogP contribution in [0.4, 0.5) is 0 Å². The number of aromatic nitrogens is 2. The van der Waals surface area contributed by atoms with Gasteiger partial charge >= 0.3 is 0 Å². The molecule has 0 unspecified atom stereocenters. The molecule has 0 aliphatic carbocycles. The van der Waals surface area contributed by atoms with Gasteiger partial charge in [0.15, 0.2) is 0 Å². The Bertz CT molecular complexity index is 418. The molecule has 19 heavy (non-hydrogen) atoms. The van der Waals surface area contributed by atoms with E-state index in [0.29, 0.717) is 12.5 Å². The van der Waals surface area contributed by atoms with E-state index < -0.39 is 0 Å². The largest absolute Gasteiger partial charge is 0.333 e. The van der Waals surface area contributed by atoms with Crippen LogP contribution in [0.2, 0.25) is 0 Å². The Morgan fingerprint density at radius 3 is 2.95 bits per heavy atom. The van der Waals surface area contributed by atoms with Gasteiger partial charge in [-0.2, -0.15) is 0 Å². The van der Waals surface area contributed by atoms with Crippen molar-refractivity contribution in [2.75, 3.05) is 19.6 Å². The quantitative estimate of drug-likeness (QED) is 0.844. The monoisotopic (exact) mass is 306 g/mol. The smallest absolute Gasteiger partial charge is 0.227 e. The molecule has 1 aromatic heterocycles. The molecule has 5 nitrogen and oxygen atoms in total. The zero-order chi connectivity index (χ0) is 11.7. The molecule has 108 valence electrons. The lowest BCUT2D eigenvalue weighted by molar-refractivity contribution is -0.137. The van der Waals surface area contributed by atoms with E-state index in [1.165, 1.54) is 0 Å². The summed E-state index contributed by atoms with van der Waals surface area (Å²) in [4.78, 5) is 18.6. The van der Waals surface area contributed by atoms with Crippen molar-refractivity contribution in [3.05, 3.63) is 18.2 Å². The van der Waals surface area contributed by atoms with Crippen LogP contribution in [0.1, 0.15) is 18.7 Å². The molecular formula is C12H20Cl2N4O. The maximum Gasteiger partial charge on any atom is 0.227 e. The summed E-state index contributed by atoms with van der Waals surface area (Å²) in [5.74, 6) is 1.48. The Kier molecular flexibility index (Phi) is 6.10. The van der Waals surface area contributed by atoms with Gasteiger partial charge in [-0.05, 0) is 19.4 Å². The maximum absolute atomic E-state index is 12.3. The predicted octanol–water partition coefficient (Wildman–Crippen LogP) is 1.07. The summed E-state index contributed by atoms with van der Waals surface area (Å²) in [5.41, 5.74) is 0. The van der Waals surface area contributed by atoms with Crippen molar-refractivity contribution < 1.29 is 4.79 Å². The van der Waals surface area contributed by atoms with Gasteiger partial charge in [0.05, 0.1) is 12.5 Å². The first-order chi connectivity index (χ1) is 8.34. The SMILES string of the molecule is Cl.Cl.O=C([C@@H]1CCCNC1)N1CCn2ccnc2C1. The third kappa shape index (κ3) is 3.41. The van der Waals surface area contributed by atoms with Gasteiger partial charge in [0.25, 0.3) is 0 Å². The number of fused-ring (bicyclic) bond motifs is 1. The van der Waals surface area contributed by atoms with Gasteiger partial charge in [-0.15, -0.1) is 24.8 Å². The van der Waals surface area contributed by atoms with Gasteiger partial charge < -0.3 is 14.8 Å². The van der Waals surface area contributed by atoms with Crippen LogP contribution in [0, 0.1) is 5.92 Å². The highest BCUT2D eigenvalue weighted by atomic mass is 35.5. The third-order valence-corrected chi connectivity index (χ3v) is 3.70. The van der Waals surface area contributed by atoms with E-state index in [0.717, 1.165) is 44.8 Å². The fraction of sp³-hybridized carbons (Fsp3) is 0.667. The van der Waals surface area contributed by atoms with E-state index in [-0.39, 0.29) is 30.7 Å². The van der Waals surface area contributed by atoms with E-state index >= 15 is 0 Å². The van der Waals surface area contributed by atoms with Crippen molar-refractivity contribution in [3.63, 3.8) is 0 Å². The highest BCUT2D eigenvalue weighted by Crippen LogP contribution is 2.17. The molecule has 1 aromatic rings. The first-order valence-corrected chi connectivity index (χ1v) is 6.34. The van der Waals surface area contributed by atoms with Crippen LogP contribution < -0.4 is 5.32 Å². The lowest BCUT2D eigenvalue weighted by Gasteiger charge is -2.32. The standard InChI is InChI=1S/C12H18N4O.2ClH/c17-12(10-2-1-3-13-8-10)16-7-6-15-5-4-14-11(15)9-16;;/h4-5,10,13H,1-3,6-9H2;2*1H/t10-;;/m1../s1. The van der Waals surface area contributed by atoms with Crippen molar-refractivity contribution in [3.8, 4) is 0 Å². The van der Waals surface area contributed by atoms with Crippen LogP contribution in [-0.2, 0) is 17.9 Å². The minimum Gasteiger partial charge on any atom is -0.333 e. The Morgan fingerprint density at radius 2 is 2.21 bits per heavy atom. The lowest BCUT2D eigenvalue weighted by Crippen LogP contribution is -2.45. The zero-order valence-corrected chi connectivity index (χ0v) is 12.4. The summed E-state index contributed by atoms with van der Waals surface area (Å²) in [6.07, 6.45) is 5.93. The molecule has 0 spiro atoms. The number of carbonyl (C=O) groups is 1. The van der Waals surface area contributed by atoms with E-state index in [1.54, 1.807) is 0 Å². The summed E-state index contributed by atoms with van der Waals surface area (Å²) in [5, 5.41) is 3.30. The van der Waals surface area contributed by atoms with Gasteiger partial charge in [0.1, 0.15) is 5.82 Å².